The number of aliphatic imine (C=N–C) groups is 1. The highest BCUT2D eigenvalue weighted by Gasteiger charge is 2.44. The van der Waals surface area contributed by atoms with E-state index >= 15 is 0 Å². The normalized spacial score (nSPS) is 26.1. The van der Waals surface area contributed by atoms with Gasteiger partial charge >= 0.3 is 0 Å². The molecule has 1 aliphatic carbocycles. The fraction of sp³-hybridized carbons (Fsp3) is 0.632. The molecule has 1 atom stereocenters. The third-order valence-corrected chi connectivity index (χ3v) is 5.05. The molecular formula is C19H29N3O. The van der Waals surface area contributed by atoms with Gasteiger partial charge in [-0.25, -0.2) is 0 Å². The molecule has 0 aromatic heterocycles. The van der Waals surface area contributed by atoms with E-state index in [-0.39, 0.29) is 5.60 Å². The van der Waals surface area contributed by atoms with Gasteiger partial charge in [0.1, 0.15) is 0 Å². The molecule has 126 valence electrons. The minimum atomic E-state index is -0.0843. The van der Waals surface area contributed by atoms with Gasteiger partial charge in [-0.1, -0.05) is 30.3 Å². The predicted molar refractivity (Wildman–Crippen MR) is 94.9 cm³/mol. The van der Waals surface area contributed by atoms with E-state index in [0.29, 0.717) is 5.41 Å². The highest BCUT2D eigenvalue weighted by molar-refractivity contribution is 5.80. The maximum absolute atomic E-state index is 5.83. The summed E-state index contributed by atoms with van der Waals surface area (Å²) in [6, 6.07) is 10.8. The summed E-state index contributed by atoms with van der Waals surface area (Å²) >= 11 is 0. The predicted octanol–water partition coefficient (Wildman–Crippen LogP) is 2.84. The standard InChI is InChI=1S/C19H29N3O/c1-3-20-17(21-14-18(2)10-7-13-23-18)22-15-19(11-12-19)16-8-5-4-6-9-16/h4-6,8-9H,3,7,10-15H2,1-2H3,(H2,20,21,22). The molecule has 2 fully saturated rings. The largest absolute Gasteiger partial charge is 0.373 e. The molecule has 1 aromatic rings. The Morgan fingerprint density at radius 3 is 2.57 bits per heavy atom. The molecule has 0 bridgehead atoms. The van der Waals surface area contributed by atoms with Gasteiger partial charge in [-0.2, -0.15) is 0 Å². The fourth-order valence-corrected chi connectivity index (χ4v) is 3.31. The van der Waals surface area contributed by atoms with Crippen molar-refractivity contribution in [1.29, 1.82) is 0 Å². The molecule has 1 aromatic carbocycles. The summed E-state index contributed by atoms with van der Waals surface area (Å²) in [4.78, 5) is 4.76. The smallest absolute Gasteiger partial charge is 0.191 e. The molecule has 2 N–H and O–H groups in total. The summed E-state index contributed by atoms with van der Waals surface area (Å²) in [6.45, 7) is 7.68. The van der Waals surface area contributed by atoms with Gasteiger partial charge in [0.2, 0.25) is 0 Å². The van der Waals surface area contributed by atoms with Crippen LogP contribution in [-0.4, -0.2) is 37.8 Å². The Bertz CT molecular complexity index is 531. The summed E-state index contributed by atoms with van der Waals surface area (Å²) in [7, 11) is 0. The van der Waals surface area contributed by atoms with Crippen molar-refractivity contribution in [2.45, 2.75) is 50.5 Å². The van der Waals surface area contributed by atoms with Crippen LogP contribution in [0.4, 0.5) is 0 Å². The van der Waals surface area contributed by atoms with Crippen molar-refractivity contribution >= 4 is 5.96 Å². The lowest BCUT2D eigenvalue weighted by Gasteiger charge is -2.23. The Morgan fingerprint density at radius 2 is 1.96 bits per heavy atom. The van der Waals surface area contributed by atoms with Gasteiger partial charge < -0.3 is 15.4 Å². The van der Waals surface area contributed by atoms with Crippen LogP contribution < -0.4 is 10.6 Å². The first-order valence-electron chi connectivity index (χ1n) is 8.88. The Kier molecular flexibility index (Phi) is 4.90. The van der Waals surface area contributed by atoms with Crippen LogP contribution in [0.5, 0.6) is 0 Å². The zero-order chi connectivity index (χ0) is 16.2. The number of rotatable bonds is 6. The summed E-state index contributed by atoms with van der Waals surface area (Å²) in [5.74, 6) is 0.909. The number of nitrogens with one attached hydrogen (secondary N) is 2. The Hall–Kier alpha value is -1.55. The van der Waals surface area contributed by atoms with E-state index in [9.17, 15) is 0 Å². The summed E-state index contributed by atoms with van der Waals surface area (Å²) < 4.78 is 5.83. The monoisotopic (exact) mass is 315 g/mol. The molecule has 1 saturated heterocycles. The Labute approximate surface area is 139 Å². The van der Waals surface area contributed by atoms with Crippen molar-refractivity contribution in [3.63, 3.8) is 0 Å². The van der Waals surface area contributed by atoms with Gasteiger partial charge in [0.15, 0.2) is 5.96 Å². The minimum Gasteiger partial charge on any atom is -0.373 e. The number of hydrogen-bond donors (Lipinski definition) is 2. The Balaban J connectivity index is 1.59. The fourth-order valence-electron chi connectivity index (χ4n) is 3.31. The second kappa shape index (κ2) is 6.91. The quantitative estimate of drug-likeness (QED) is 0.627. The van der Waals surface area contributed by atoms with Crippen LogP contribution >= 0.6 is 0 Å². The van der Waals surface area contributed by atoms with Crippen LogP contribution in [0.15, 0.2) is 35.3 Å². The molecule has 0 amide bonds. The highest BCUT2D eigenvalue weighted by atomic mass is 16.5. The average Bonchev–Trinajstić information content (AvgIpc) is 3.25. The molecule has 1 aliphatic heterocycles. The topological polar surface area (TPSA) is 45.7 Å². The zero-order valence-corrected chi connectivity index (χ0v) is 14.4. The van der Waals surface area contributed by atoms with Crippen LogP contribution in [0, 0.1) is 0 Å². The lowest BCUT2D eigenvalue weighted by atomic mass is 9.96. The van der Waals surface area contributed by atoms with E-state index < -0.39 is 0 Å². The first-order chi connectivity index (χ1) is 11.2. The van der Waals surface area contributed by atoms with Gasteiger partial charge in [-0.05, 0) is 45.1 Å². The second-order valence-corrected chi connectivity index (χ2v) is 7.10. The van der Waals surface area contributed by atoms with Crippen LogP contribution in [0.3, 0.4) is 0 Å². The highest BCUT2D eigenvalue weighted by Crippen LogP contribution is 2.47. The van der Waals surface area contributed by atoms with E-state index in [1.54, 1.807) is 0 Å². The van der Waals surface area contributed by atoms with E-state index in [1.165, 1.54) is 18.4 Å². The van der Waals surface area contributed by atoms with Crippen molar-refractivity contribution in [2.75, 3.05) is 26.2 Å². The lowest BCUT2D eigenvalue weighted by Crippen LogP contribution is -2.42. The van der Waals surface area contributed by atoms with E-state index in [4.69, 9.17) is 9.73 Å². The molecular weight excluding hydrogens is 286 g/mol. The van der Waals surface area contributed by atoms with E-state index in [0.717, 1.165) is 45.0 Å². The molecule has 23 heavy (non-hydrogen) atoms. The van der Waals surface area contributed by atoms with Crippen molar-refractivity contribution in [3.05, 3.63) is 35.9 Å². The van der Waals surface area contributed by atoms with Crippen molar-refractivity contribution in [1.82, 2.24) is 10.6 Å². The van der Waals surface area contributed by atoms with Crippen molar-refractivity contribution < 1.29 is 4.74 Å². The number of nitrogens with zero attached hydrogens (tertiary/aromatic N) is 1. The number of guanidine groups is 1. The molecule has 1 unspecified atom stereocenters. The van der Waals surface area contributed by atoms with Crippen molar-refractivity contribution in [2.24, 2.45) is 4.99 Å². The van der Waals surface area contributed by atoms with Crippen LogP contribution in [0.25, 0.3) is 0 Å². The Morgan fingerprint density at radius 1 is 1.17 bits per heavy atom. The van der Waals surface area contributed by atoms with E-state index in [2.05, 4.69) is 54.8 Å². The van der Waals surface area contributed by atoms with Crippen molar-refractivity contribution in [3.8, 4) is 0 Å². The number of hydrogen-bond acceptors (Lipinski definition) is 2. The molecule has 3 rings (SSSR count). The average molecular weight is 315 g/mol. The molecule has 1 heterocycles. The third-order valence-electron chi connectivity index (χ3n) is 5.05. The number of benzene rings is 1. The van der Waals surface area contributed by atoms with Gasteiger partial charge in [-0.3, -0.25) is 4.99 Å². The first kappa shape index (κ1) is 16.3. The summed E-state index contributed by atoms with van der Waals surface area (Å²) in [6.07, 6.45) is 4.76. The van der Waals surface area contributed by atoms with Gasteiger partial charge in [-0.15, -0.1) is 0 Å². The van der Waals surface area contributed by atoms with Crippen LogP contribution in [0.2, 0.25) is 0 Å². The van der Waals surface area contributed by atoms with Gasteiger partial charge in [0, 0.05) is 25.1 Å². The summed E-state index contributed by atoms with van der Waals surface area (Å²) in [5.41, 5.74) is 1.65. The molecule has 0 radical (unpaired) electrons. The van der Waals surface area contributed by atoms with E-state index in [1.807, 2.05) is 0 Å². The molecule has 4 nitrogen and oxygen atoms in total. The first-order valence-corrected chi connectivity index (χ1v) is 8.88. The minimum absolute atomic E-state index is 0.0843. The van der Waals surface area contributed by atoms with Crippen LogP contribution in [0.1, 0.15) is 45.1 Å². The SMILES string of the molecule is CCNC(=NCC1(C)CCCO1)NCC1(c2ccccc2)CC1. The second-order valence-electron chi connectivity index (χ2n) is 7.10. The lowest BCUT2D eigenvalue weighted by molar-refractivity contribution is 0.0283. The third kappa shape index (κ3) is 4.05. The summed E-state index contributed by atoms with van der Waals surface area (Å²) in [5, 5.41) is 6.91. The molecule has 2 aliphatic rings. The molecule has 0 spiro atoms. The van der Waals surface area contributed by atoms with Gasteiger partial charge in [0.05, 0.1) is 12.1 Å². The maximum Gasteiger partial charge on any atom is 0.191 e. The van der Waals surface area contributed by atoms with Crippen LogP contribution in [-0.2, 0) is 10.2 Å². The zero-order valence-electron chi connectivity index (χ0n) is 14.4. The van der Waals surface area contributed by atoms with Gasteiger partial charge in [0.25, 0.3) is 0 Å². The maximum atomic E-state index is 5.83. The molecule has 1 saturated carbocycles. The molecule has 4 heteroatoms. The number of ether oxygens (including phenoxy) is 1.